The van der Waals surface area contributed by atoms with E-state index in [1.807, 2.05) is 14.1 Å². The zero-order valence-corrected chi connectivity index (χ0v) is 12.5. The number of hydrogen-bond acceptors (Lipinski definition) is 3. The lowest BCUT2D eigenvalue weighted by molar-refractivity contribution is -0.131. The lowest BCUT2D eigenvalue weighted by atomic mass is 9.85. The first-order valence-electron chi connectivity index (χ1n) is 6.80. The number of nitrogens with zero attached hydrogens (tertiary/aromatic N) is 1. The molecule has 0 saturated heterocycles. The maximum absolute atomic E-state index is 12.0. The first kappa shape index (κ1) is 17.7. The Balaban J connectivity index is 0.00000289. The van der Waals surface area contributed by atoms with Gasteiger partial charge in [0.25, 0.3) is 0 Å². The molecule has 0 bridgehead atoms. The van der Waals surface area contributed by atoms with E-state index in [1.165, 1.54) is 32.1 Å². The third kappa shape index (κ3) is 6.03. The van der Waals surface area contributed by atoms with Crippen LogP contribution in [0.15, 0.2) is 0 Å². The Kier molecular flexibility index (Phi) is 9.42. The zero-order chi connectivity index (χ0) is 12.7. The first-order chi connectivity index (χ1) is 8.15. The number of hydrogen-bond donors (Lipinski definition) is 2. The maximum atomic E-state index is 12.0. The Morgan fingerprint density at radius 3 is 2.56 bits per heavy atom. The number of carbonyl (C=O) groups is 1. The number of amides is 1. The van der Waals surface area contributed by atoms with E-state index >= 15 is 0 Å². The predicted octanol–water partition coefficient (Wildman–Crippen LogP) is 1.38. The van der Waals surface area contributed by atoms with Crippen LogP contribution in [0.1, 0.15) is 38.5 Å². The Labute approximate surface area is 117 Å². The molecule has 1 unspecified atom stereocenters. The molecule has 18 heavy (non-hydrogen) atoms. The van der Waals surface area contributed by atoms with Gasteiger partial charge in [0.1, 0.15) is 0 Å². The zero-order valence-electron chi connectivity index (χ0n) is 11.7. The van der Waals surface area contributed by atoms with Gasteiger partial charge in [-0.2, -0.15) is 0 Å². The summed E-state index contributed by atoms with van der Waals surface area (Å²) in [7, 11) is 3.72. The Bertz CT molecular complexity index is 232. The van der Waals surface area contributed by atoms with Gasteiger partial charge in [0.2, 0.25) is 5.91 Å². The fourth-order valence-corrected chi connectivity index (χ4v) is 2.56. The summed E-state index contributed by atoms with van der Waals surface area (Å²) < 4.78 is 0. The predicted molar refractivity (Wildman–Crippen MR) is 78.0 cm³/mol. The van der Waals surface area contributed by atoms with E-state index in [0.717, 1.165) is 19.5 Å². The second-order valence-electron chi connectivity index (χ2n) is 5.21. The summed E-state index contributed by atoms with van der Waals surface area (Å²) in [6, 6.07) is -0.306. The van der Waals surface area contributed by atoms with E-state index in [2.05, 4.69) is 5.32 Å². The molecule has 1 saturated carbocycles. The van der Waals surface area contributed by atoms with Gasteiger partial charge < -0.3 is 16.0 Å². The minimum Gasteiger partial charge on any atom is -0.343 e. The molecule has 0 aliphatic heterocycles. The van der Waals surface area contributed by atoms with Crippen LogP contribution in [-0.4, -0.2) is 44.0 Å². The summed E-state index contributed by atoms with van der Waals surface area (Å²) in [5.41, 5.74) is 6.01. The Hall–Kier alpha value is -0.320. The lowest BCUT2D eigenvalue weighted by Crippen LogP contribution is -2.44. The normalized spacial score (nSPS) is 17.9. The van der Waals surface area contributed by atoms with Crippen LogP contribution in [0.2, 0.25) is 0 Å². The molecule has 1 aliphatic rings. The molecule has 4 nitrogen and oxygen atoms in total. The number of carbonyl (C=O) groups excluding carboxylic acids is 1. The SMILES string of the molecule is CNCCN(C)C(=O)C(N)CC1CCCCC1.Cl. The molecule has 1 amide bonds. The van der Waals surface area contributed by atoms with Gasteiger partial charge in [-0.1, -0.05) is 32.1 Å². The van der Waals surface area contributed by atoms with Gasteiger partial charge in [0.15, 0.2) is 0 Å². The van der Waals surface area contributed by atoms with E-state index in [9.17, 15) is 4.79 Å². The molecule has 0 aromatic rings. The number of halogens is 1. The molecule has 0 spiro atoms. The van der Waals surface area contributed by atoms with Gasteiger partial charge >= 0.3 is 0 Å². The van der Waals surface area contributed by atoms with Crippen molar-refractivity contribution in [3.63, 3.8) is 0 Å². The fourth-order valence-electron chi connectivity index (χ4n) is 2.56. The minimum absolute atomic E-state index is 0. The summed E-state index contributed by atoms with van der Waals surface area (Å²) in [6.45, 7) is 1.55. The second-order valence-corrected chi connectivity index (χ2v) is 5.21. The van der Waals surface area contributed by atoms with Crippen molar-refractivity contribution < 1.29 is 4.79 Å². The minimum atomic E-state index is -0.306. The van der Waals surface area contributed by atoms with Gasteiger partial charge in [-0.25, -0.2) is 0 Å². The monoisotopic (exact) mass is 277 g/mol. The molecule has 3 N–H and O–H groups in total. The topological polar surface area (TPSA) is 58.4 Å². The molecule has 0 heterocycles. The molecule has 0 radical (unpaired) electrons. The van der Waals surface area contributed by atoms with Crippen LogP contribution >= 0.6 is 12.4 Å². The van der Waals surface area contributed by atoms with Crippen LogP contribution in [0.25, 0.3) is 0 Å². The number of nitrogens with two attached hydrogens (primary N) is 1. The lowest BCUT2D eigenvalue weighted by Gasteiger charge is -2.26. The molecular formula is C13H28ClN3O. The molecule has 1 rings (SSSR count). The van der Waals surface area contributed by atoms with Crippen molar-refractivity contribution in [1.29, 1.82) is 0 Å². The third-order valence-corrected chi connectivity index (χ3v) is 3.70. The summed E-state index contributed by atoms with van der Waals surface area (Å²) in [4.78, 5) is 13.7. The molecular weight excluding hydrogens is 250 g/mol. The van der Waals surface area contributed by atoms with Crippen LogP contribution in [0.5, 0.6) is 0 Å². The quantitative estimate of drug-likeness (QED) is 0.771. The van der Waals surface area contributed by atoms with Gasteiger partial charge in [-0.15, -0.1) is 12.4 Å². The van der Waals surface area contributed by atoms with Crippen molar-refractivity contribution in [2.45, 2.75) is 44.6 Å². The van der Waals surface area contributed by atoms with E-state index < -0.39 is 0 Å². The molecule has 108 valence electrons. The third-order valence-electron chi connectivity index (χ3n) is 3.70. The van der Waals surface area contributed by atoms with Crippen molar-refractivity contribution in [3.05, 3.63) is 0 Å². The largest absolute Gasteiger partial charge is 0.343 e. The van der Waals surface area contributed by atoms with Crippen LogP contribution in [-0.2, 0) is 4.79 Å². The summed E-state index contributed by atoms with van der Waals surface area (Å²) in [5.74, 6) is 0.756. The van der Waals surface area contributed by atoms with Crippen molar-refractivity contribution in [2.75, 3.05) is 27.2 Å². The molecule has 0 aromatic carbocycles. The highest BCUT2D eigenvalue weighted by Crippen LogP contribution is 2.27. The highest BCUT2D eigenvalue weighted by molar-refractivity contribution is 5.85. The van der Waals surface area contributed by atoms with Crippen LogP contribution in [0.4, 0.5) is 0 Å². The van der Waals surface area contributed by atoms with Gasteiger partial charge in [-0.05, 0) is 19.4 Å². The highest BCUT2D eigenvalue weighted by Gasteiger charge is 2.23. The van der Waals surface area contributed by atoms with Gasteiger partial charge in [-0.3, -0.25) is 4.79 Å². The first-order valence-corrected chi connectivity index (χ1v) is 6.80. The van der Waals surface area contributed by atoms with Gasteiger partial charge in [0, 0.05) is 20.1 Å². The van der Waals surface area contributed by atoms with E-state index in [0.29, 0.717) is 5.92 Å². The number of nitrogens with one attached hydrogen (secondary N) is 1. The highest BCUT2D eigenvalue weighted by atomic mass is 35.5. The summed E-state index contributed by atoms with van der Waals surface area (Å²) in [5, 5.41) is 3.04. The molecule has 1 atom stereocenters. The van der Waals surface area contributed by atoms with Crippen molar-refractivity contribution >= 4 is 18.3 Å². The fraction of sp³-hybridized carbons (Fsp3) is 0.923. The Morgan fingerprint density at radius 1 is 1.39 bits per heavy atom. The Morgan fingerprint density at radius 2 is 2.00 bits per heavy atom. The van der Waals surface area contributed by atoms with Crippen molar-refractivity contribution in [3.8, 4) is 0 Å². The van der Waals surface area contributed by atoms with Gasteiger partial charge in [0.05, 0.1) is 6.04 Å². The van der Waals surface area contributed by atoms with E-state index in [4.69, 9.17) is 5.73 Å². The van der Waals surface area contributed by atoms with E-state index in [-0.39, 0.29) is 24.4 Å². The smallest absolute Gasteiger partial charge is 0.239 e. The average Bonchev–Trinajstić information content (AvgIpc) is 2.36. The van der Waals surface area contributed by atoms with Crippen LogP contribution in [0.3, 0.4) is 0 Å². The molecule has 1 aliphatic carbocycles. The standard InChI is InChI=1S/C13H27N3O.ClH/c1-15-8-9-16(2)13(17)12(14)10-11-6-4-3-5-7-11;/h11-12,15H,3-10,14H2,1-2H3;1H. The molecule has 0 aromatic heterocycles. The van der Waals surface area contributed by atoms with E-state index in [1.54, 1.807) is 4.90 Å². The van der Waals surface area contributed by atoms with Crippen LogP contribution < -0.4 is 11.1 Å². The summed E-state index contributed by atoms with van der Waals surface area (Å²) >= 11 is 0. The maximum Gasteiger partial charge on any atom is 0.239 e. The molecule has 5 heteroatoms. The number of rotatable bonds is 6. The summed E-state index contributed by atoms with van der Waals surface area (Å²) in [6.07, 6.45) is 7.33. The molecule has 1 fully saturated rings. The van der Waals surface area contributed by atoms with Crippen molar-refractivity contribution in [1.82, 2.24) is 10.2 Å². The van der Waals surface area contributed by atoms with Crippen molar-refractivity contribution in [2.24, 2.45) is 11.7 Å². The second kappa shape index (κ2) is 9.59. The number of likely N-dealkylation sites (N-methyl/N-ethyl adjacent to an activating group) is 2. The van der Waals surface area contributed by atoms with Crippen LogP contribution in [0, 0.1) is 5.92 Å². The average molecular weight is 278 g/mol.